The van der Waals surface area contributed by atoms with Crippen LogP contribution in [0.3, 0.4) is 0 Å². The summed E-state index contributed by atoms with van der Waals surface area (Å²) in [6, 6.07) is 9.75. The van der Waals surface area contributed by atoms with Crippen LogP contribution >= 0.6 is 0 Å². The number of para-hydroxylation sites is 1. The van der Waals surface area contributed by atoms with E-state index in [2.05, 4.69) is 10.4 Å². The molecule has 2 aromatic rings. The van der Waals surface area contributed by atoms with Crippen molar-refractivity contribution in [3.63, 3.8) is 0 Å². The van der Waals surface area contributed by atoms with Gasteiger partial charge in [0.15, 0.2) is 0 Å². The fourth-order valence-corrected chi connectivity index (χ4v) is 1.62. The minimum absolute atomic E-state index is 0.174. The number of nitrogens with two attached hydrogens (primary N) is 1. The van der Waals surface area contributed by atoms with E-state index < -0.39 is 0 Å². The Hall–Kier alpha value is -2.14. The van der Waals surface area contributed by atoms with Crippen LogP contribution in [0.2, 0.25) is 0 Å². The monoisotopic (exact) mass is 230 g/mol. The van der Waals surface area contributed by atoms with Gasteiger partial charge in [-0.25, -0.2) is 4.68 Å². The number of hydrogen-bond acceptors (Lipinski definition) is 3. The van der Waals surface area contributed by atoms with Crippen molar-refractivity contribution in [2.75, 3.05) is 6.54 Å². The van der Waals surface area contributed by atoms with E-state index >= 15 is 0 Å². The molecule has 0 atom stereocenters. The molecule has 0 saturated carbocycles. The van der Waals surface area contributed by atoms with E-state index in [0.717, 1.165) is 11.3 Å². The molecule has 1 amide bonds. The van der Waals surface area contributed by atoms with Crippen LogP contribution in [0.1, 0.15) is 5.56 Å². The molecule has 0 aliphatic rings. The number of rotatable bonds is 5. The van der Waals surface area contributed by atoms with Gasteiger partial charge in [-0.1, -0.05) is 18.2 Å². The lowest BCUT2D eigenvalue weighted by Crippen LogP contribution is -2.28. The maximum Gasteiger partial charge on any atom is 0.231 e. The summed E-state index contributed by atoms with van der Waals surface area (Å²) in [5.74, 6) is -0.360. The Morgan fingerprint density at radius 2 is 2.18 bits per heavy atom. The summed E-state index contributed by atoms with van der Waals surface area (Å²) in [5, 5.41) is 7.18. The number of primary amides is 1. The van der Waals surface area contributed by atoms with E-state index in [1.165, 1.54) is 0 Å². The highest BCUT2D eigenvalue weighted by atomic mass is 16.1. The van der Waals surface area contributed by atoms with Crippen molar-refractivity contribution in [3.8, 4) is 5.69 Å². The van der Waals surface area contributed by atoms with Crippen molar-refractivity contribution >= 4 is 5.91 Å². The Bertz CT molecular complexity index is 493. The van der Waals surface area contributed by atoms with Gasteiger partial charge in [-0.15, -0.1) is 0 Å². The van der Waals surface area contributed by atoms with Crippen molar-refractivity contribution in [2.24, 2.45) is 5.73 Å². The van der Waals surface area contributed by atoms with E-state index in [9.17, 15) is 4.79 Å². The molecular weight excluding hydrogens is 216 g/mol. The van der Waals surface area contributed by atoms with Crippen molar-refractivity contribution in [1.82, 2.24) is 15.1 Å². The predicted molar refractivity (Wildman–Crippen MR) is 64.5 cm³/mol. The molecule has 17 heavy (non-hydrogen) atoms. The van der Waals surface area contributed by atoms with Crippen molar-refractivity contribution in [1.29, 1.82) is 0 Å². The summed E-state index contributed by atoms with van der Waals surface area (Å²) in [5.41, 5.74) is 7.13. The zero-order chi connectivity index (χ0) is 12.1. The molecular formula is C12H14N4O. The van der Waals surface area contributed by atoms with E-state index in [4.69, 9.17) is 5.73 Å². The number of hydrogen-bond donors (Lipinski definition) is 2. The second kappa shape index (κ2) is 5.27. The summed E-state index contributed by atoms with van der Waals surface area (Å²) in [7, 11) is 0. The van der Waals surface area contributed by atoms with Gasteiger partial charge < -0.3 is 11.1 Å². The standard InChI is InChI=1S/C12H14N4O/c13-12(17)9-14-8-10-4-1-2-5-11(10)16-7-3-6-15-16/h1-7,14H,8-9H2,(H2,13,17). The van der Waals surface area contributed by atoms with Crippen LogP contribution in [0.15, 0.2) is 42.7 Å². The molecule has 1 heterocycles. The minimum atomic E-state index is -0.360. The van der Waals surface area contributed by atoms with E-state index in [-0.39, 0.29) is 12.5 Å². The first-order chi connectivity index (χ1) is 8.27. The van der Waals surface area contributed by atoms with Gasteiger partial charge in [0, 0.05) is 18.9 Å². The molecule has 88 valence electrons. The van der Waals surface area contributed by atoms with E-state index in [1.54, 1.807) is 10.9 Å². The highest BCUT2D eigenvalue weighted by Gasteiger charge is 2.03. The van der Waals surface area contributed by atoms with Crippen LogP contribution in [0.5, 0.6) is 0 Å². The maximum absolute atomic E-state index is 10.6. The van der Waals surface area contributed by atoms with E-state index in [1.807, 2.05) is 36.5 Å². The smallest absolute Gasteiger partial charge is 0.231 e. The molecule has 0 bridgehead atoms. The van der Waals surface area contributed by atoms with Crippen LogP contribution in [0.25, 0.3) is 5.69 Å². The molecule has 0 spiro atoms. The minimum Gasteiger partial charge on any atom is -0.369 e. The molecule has 0 radical (unpaired) electrons. The third-order valence-corrected chi connectivity index (χ3v) is 2.36. The summed E-state index contributed by atoms with van der Waals surface area (Å²) in [6.45, 7) is 0.756. The fourth-order valence-electron chi connectivity index (χ4n) is 1.62. The van der Waals surface area contributed by atoms with Crippen LogP contribution in [0, 0.1) is 0 Å². The lowest BCUT2D eigenvalue weighted by atomic mass is 10.2. The Balaban J connectivity index is 2.14. The number of carbonyl (C=O) groups is 1. The quantitative estimate of drug-likeness (QED) is 0.783. The third kappa shape index (κ3) is 2.92. The molecule has 0 fully saturated rings. The van der Waals surface area contributed by atoms with Crippen LogP contribution in [0.4, 0.5) is 0 Å². The SMILES string of the molecule is NC(=O)CNCc1ccccc1-n1cccn1. The lowest BCUT2D eigenvalue weighted by molar-refractivity contribution is -0.117. The van der Waals surface area contributed by atoms with Gasteiger partial charge >= 0.3 is 0 Å². The Morgan fingerprint density at radius 3 is 2.88 bits per heavy atom. The Kier molecular flexibility index (Phi) is 3.52. The van der Waals surface area contributed by atoms with Gasteiger partial charge in [0.2, 0.25) is 5.91 Å². The topological polar surface area (TPSA) is 72.9 Å². The van der Waals surface area contributed by atoms with Crippen LogP contribution in [-0.2, 0) is 11.3 Å². The molecule has 2 rings (SSSR count). The van der Waals surface area contributed by atoms with Gasteiger partial charge in [0.1, 0.15) is 0 Å². The predicted octanol–water partition coefficient (Wildman–Crippen LogP) is 0.447. The molecule has 0 aliphatic carbocycles. The van der Waals surface area contributed by atoms with Gasteiger partial charge in [0.05, 0.1) is 12.2 Å². The number of benzene rings is 1. The van der Waals surface area contributed by atoms with Gasteiger partial charge in [-0.3, -0.25) is 4.79 Å². The summed E-state index contributed by atoms with van der Waals surface area (Å²) in [6.07, 6.45) is 3.61. The Morgan fingerprint density at radius 1 is 1.35 bits per heavy atom. The largest absolute Gasteiger partial charge is 0.369 e. The number of aromatic nitrogens is 2. The van der Waals surface area contributed by atoms with Crippen molar-refractivity contribution in [2.45, 2.75) is 6.54 Å². The highest BCUT2D eigenvalue weighted by molar-refractivity contribution is 5.75. The first-order valence-corrected chi connectivity index (χ1v) is 5.34. The summed E-state index contributed by atoms with van der Waals surface area (Å²) >= 11 is 0. The summed E-state index contributed by atoms with van der Waals surface area (Å²) < 4.78 is 1.79. The first-order valence-electron chi connectivity index (χ1n) is 5.34. The number of nitrogens with one attached hydrogen (secondary N) is 1. The zero-order valence-corrected chi connectivity index (χ0v) is 9.34. The summed E-state index contributed by atoms with van der Waals surface area (Å²) in [4.78, 5) is 10.6. The molecule has 1 aromatic carbocycles. The van der Waals surface area contributed by atoms with Crippen molar-refractivity contribution in [3.05, 3.63) is 48.3 Å². The van der Waals surface area contributed by atoms with Crippen LogP contribution < -0.4 is 11.1 Å². The second-order valence-electron chi connectivity index (χ2n) is 3.65. The second-order valence-corrected chi connectivity index (χ2v) is 3.65. The number of nitrogens with zero attached hydrogens (tertiary/aromatic N) is 2. The average molecular weight is 230 g/mol. The Labute approximate surface area is 99.2 Å². The molecule has 5 nitrogen and oxygen atoms in total. The van der Waals surface area contributed by atoms with Gasteiger partial charge in [-0.2, -0.15) is 5.10 Å². The number of amides is 1. The van der Waals surface area contributed by atoms with Crippen molar-refractivity contribution < 1.29 is 4.79 Å². The first kappa shape index (κ1) is 11.3. The number of carbonyl (C=O) groups excluding carboxylic acids is 1. The average Bonchev–Trinajstić information content (AvgIpc) is 2.82. The van der Waals surface area contributed by atoms with E-state index in [0.29, 0.717) is 6.54 Å². The molecule has 0 aliphatic heterocycles. The molecule has 1 aromatic heterocycles. The fraction of sp³-hybridized carbons (Fsp3) is 0.167. The molecule has 0 saturated heterocycles. The lowest BCUT2D eigenvalue weighted by Gasteiger charge is -2.09. The normalized spacial score (nSPS) is 10.4. The molecule has 5 heteroatoms. The molecule has 0 unspecified atom stereocenters. The van der Waals surface area contributed by atoms with Crippen LogP contribution in [-0.4, -0.2) is 22.2 Å². The molecule has 3 N–H and O–H groups in total. The van der Waals surface area contributed by atoms with Gasteiger partial charge in [-0.05, 0) is 17.7 Å². The zero-order valence-electron chi connectivity index (χ0n) is 9.34. The van der Waals surface area contributed by atoms with Gasteiger partial charge in [0.25, 0.3) is 0 Å². The highest BCUT2D eigenvalue weighted by Crippen LogP contribution is 2.12. The third-order valence-electron chi connectivity index (χ3n) is 2.36. The maximum atomic E-state index is 10.6.